The molecule has 4 aliphatic carbocycles. The average molecular weight is 410 g/mol. The Balaban J connectivity index is 0.00000240. The summed E-state index contributed by atoms with van der Waals surface area (Å²) in [6.45, 7) is 7.11. The molecule has 5 heteroatoms. The second-order valence-electron chi connectivity index (χ2n) is 11.3. The van der Waals surface area contributed by atoms with Crippen molar-refractivity contribution in [1.82, 2.24) is 6.15 Å². The molecule has 1 unspecified atom stereocenters. The van der Waals surface area contributed by atoms with Crippen molar-refractivity contribution in [3.05, 3.63) is 0 Å². The van der Waals surface area contributed by atoms with E-state index in [0.29, 0.717) is 41.9 Å². The molecule has 0 amide bonds. The first-order valence-corrected chi connectivity index (χ1v) is 11.7. The number of carboxylic acids is 1. The smallest absolute Gasteiger partial charge is 0.0577 e. The molecule has 0 bridgehead atoms. The maximum absolute atomic E-state index is 11.2. The third-order valence-corrected chi connectivity index (χ3v) is 10.2. The van der Waals surface area contributed by atoms with Gasteiger partial charge in [0.05, 0.1) is 12.2 Å². The Morgan fingerprint density at radius 2 is 1.69 bits per heavy atom. The lowest BCUT2D eigenvalue weighted by Crippen LogP contribution is -2.58. The Labute approximate surface area is 176 Å². The van der Waals surface area contributed by atoms with Gasteiger partial charge >= 0.3 is 0 Å². The Bertz CT molecular complexity index is 612. The predicted molar refractivity (Wildman–Crippen MR) is 112 cm³/mol. The van der Waals surface area contributed by atoms with Crippen LogP contribution in [0.5, 0.6) is 0 Å². The van der Waals surface area contributed by atoms with Crippen LogP contribution in [-0.2, 0) is 4.79 Å². The molecule has 0 radical (unpaired) electrons. The van der Waals surface area contributed by atoms with Crippen LogP contribution in [0, 0.1) is 46.3 Å². The van der Waals surface area contributed by atoms with Gasteiger partial charge in [0.1, 0.15) is 0 Å². The second-order valence-corrected chi connectivity index (χ2v) is 11.3. The van der Waals surface area contributed by atoms with Gasteiger partial charge < -0.3 is 26.3 Å². The zero-order chi connectivity index (χ0) is 20.3. The van der Waals surface area contributed by atoms with E-state index >= 15 is 0 Å². The molecule has 4 saturated carbocycles. The lowest BCUT2D eigenvalue weighted by Gasteiger charge is -2.62. The van der Waals surface area contributed by atoms with E-state index < -0.39 is 5.97 Å². The number of aliphatic hydroxyl groups is 2. The summed E-state index contributed by atoms with van der Waals surface area (Å²) in [5.74, 6) is 1.99. The third-order valence-electron chi connectivity index (χ3n) is 10.2. The minimum absolute atomic E-state index is 0. The third kappa shape index (κ3) is 3.65. The van der Waals surface area contributed by atoms with Gasteiger partial charge in [-0.15, -0.1) is 0 Å². The van der Waals surface area contributed by atoms with Crippen LogP contribution < -0.4 is 11.3 Å². The molecule has 0 spiro atoms. The van der Waals surface area contributed by atoms with Crippen LogP contribution >= 0.6 is 0 Å². The summed E-state index contributed by atoms with van der Waals surface area (Å²) >= 11 is 0. The lowest BCUT2D eigenvalue weighted by molar-refractivity contribution is -0.306. The van der Waals surface area contributed by atoms with Crippen LogP contribution in [0.3, 0.4) is 0 Å². The summed E-state index contributed by atoms with van der Waals surface area (Å²) in [7, 11) is 0. The van der Waals surface area contributed by atoms with E-state index in [1.165, 1.54) is 25.7 Å². The molecule has 4 rings (SSSR count). The highest BCUT2D eigenvalue weighted by Crippen LogP contribution is 2.68. The van der Waals surface area contributed by atoms with Crippen molar-refractivity contribution in [2.24, 2.45) is 46.3 Å². The van der Waals surface area contributed by atoms with Gasteiger partial charge in [-0.3, -0.25) is 0 Å². The summed E-state index contributed by atoms with van der Waals surface area (Å²) in [5.41, 5.74) is 0.494. The van der Waals surface area contributed by atoms with E-state index in [1.54, 1.807) is 0 Å². The molecule has 4 fully saturated rings. The van der Waals surface area contributed by atoms with E-state index in [0.717, 1.165) is 25.7 Å². The molecule has 6 N–H and O–H groups in total. The standard InChI is InChI=1S/C24H40O4.H3N/c1-14(4-7-21(27)28)17-5-6-18-22-19(9-11-24(17,18)3)23(2)10-8-16(25)12-15(23)13-20(22)26;/h14-20,22,25-26H,4-13H2,1-3H3,(H,27,28);1H3/t14-,15+,16-,17-,18+,19?,20-,22+,23+,24-;/m1./s1. The quantitative estimate of drug-likeness (QED) is 0.658. The van der Waals surface area contributed by atoms with Gasteiger partial charge in [0.15, 0.2) is 0 Å². The number of aliphatic carboxylic acids is 1. The number of quaternary nitrogens is 1. The topological polar surface area (TPSA) is 117 Å². The van der Waals surface area contributed by atoms with Crippen molar-refractivity contribution >= 4 is 5.97 Å². The van der Waals surface area contributed by atoms with Gasteiger partial charge in [0.2, 0.25) is 0 Å². The first-order chi connectivity index (χ1) is 13.2. The second kappa shape index (κ2) is 8.12. The summed E-state index contributed by atoms with van der Waals surface area (Å²) in [5, 5.41) is 32.4. The van der Waals surface area contributed by atoms with E-state index in [2.05, 4.69) is 20.8 Å². The van der Waals surface area contributed by atoms with E-state index in [1.807, 2.05) is 0 Å². The van der Waals surface area contributed by atoms with E-state index in [4.69, 9.17) is 0 Å². The number of rotatable bonds is 4. The molecule has 0 saturated heterocycles. The molecule has 168 valence electrons. The lowest BCUT2D eigenvalue weighted by atomic mass is 9.43. The highest BCUT2D eigenvalue weighted by molar-refractivity contribution is 5.64. The Kier molecular flexibility index (Phi) is 6.45. The summed E-state index contributed by atoms with van der Waals surface area (Å²) in [6.07, 6.45) is 8.91. The molecular weight excluding hydrogens is 366 g/mol. The van der Waals surface area contributed by atoms with Crippen molar-refractivity contribution in [3.8, 4) is 0 Å². The minimum Gasteiger partial charge on any atom is -0.550 e. The van der Waals surface area contributed by atoms with Gasteiger partial charge in [-0.2, -0.15) is 0 Å². The van der Waals surface area contributed by atoms with Crippen molar-refractivity contribution in [1.29, 1.82) is 0 Å². The van der Waals surface area contributed by atoms with Crippen molar-refractivity contribution in [2.45, 2.75) is 97.2 Å². The first-order valence-electron chi connectivity index (χ1n) is 11.7. The zero-order valence-electron chi connectivity index (χ0n) is 18.9. The van der Waals surface area contributed by atoms with Crippen molar-refractivity contribution in [3.63, 3.8) is 0 Å². The van der Waals surface area contributed by atoms with Gasteiger partial charge in [0.25, 0.3) is 0 Å². The highest BCUT2D eigenvalue weighted by atomic mass is 16.4. The van der Waals surface area contributed by atoms with Gasteiger partial charge in [-0.25, -0.2) is 0 Å². The van der Waals surface area contributed by atoms with Gasteiger partial charge in [0, 0.05) is 5.97 Å². The van der Waals surface area contributed by atoms with Crippen LogP contribution in [0.25, 0.3) is 0 Å². The summed E-state index contributed by atoms with van der Waals surface area (Å²) in [6, 6.07) is 0. The molecule has 0 aliphatic heterocycles. The van der Waals surface area contributed by atoms with Crippen LogP contribution in [0.2, 0.25) is 0 Å². The molecule has 10 atom stereocenters. The van der Waals surface area contributed by atoms with E-state index in [-0.39, 0.29) is 35.6 Å². The number of fused-ring (bicyclic) bond motifs is 5. The Hall–Kier alpha value is -0.650. The van der Waals surface area contributed by atoms with Crippen LogP contribution in [-0.4, -0.2) is 28.4 Å². The Morgan fingerprint density at radius 3 is 2.38 bits per heavy atom. The fourth-order valence-electron chi connectivity index (χ4n) is 8.72. The van der Waals surface area contributed by atoms with Crippen molar-refractivity contribution in [2.75, 3.05) is 0 Å². The van der Waals surface area contributed by atoms with Crippen LogP contribution in [0.1, 0.15) is 85.0 Å². The number of carbonyl (C=O) groups excluding carboxylic acids is 1. The van der Waals surface area contributed by atoms with E-state index in [9.17, 15) is 20.1 Å². The number of carbonyl (C=O) groups is 1. The molecule has 0 aromatic carbocycles. The zero-order valence-corrected chi connectivity index (χ0v) is 18.9. The predicted octanol–water partition coefficient (Wildman–Crippen LogP) is 3.52. The number of hydrogen-bond donors (Lipinski definition) is 3. The maximum Gasteiger partial charge on any atom is 0.0577 e. The first kappa shape index (κ1) is 23.0. The molecule has 29 heavy (non-hydrogen) atoms. The molecule has 5 nitrogen and oxygen atoms in total. The molecule has 4 aliphatic rings. The maximum atomic E-state index is 11.2. The monoisotopic (exact) mass is 409 g/mol. The molecule has 0 heterocycles. The normalized spacial score (nSPS) is 49.9. The van der Waals surface area contributed by atoms with Gasteiger partial charge in [-0.05, 0) is 111 Å². The Morgan fingerprint density at radius 1 is 1.03 bits per heavy atom. The van der Waals surface area contributed by atoms with Crippen LogP contribution in [0.4, 0.5) is 0 Å². The van der Waals surface area contributed by atoms with Gasteiger partial charge in [-0.1, -0.05) is 20.8 Å². The molecule has 0 aromatic heterocycles. The fourth-order valence-corrected chi connectivity index (χ4v) is 8.72. The number of carboxylic acid groups (broad SMARTS) is 1. The average Bonchev–Trinajstić information content (AvgIpc) is 2.98. The number of hydrogen-bond acceptors (Lipinski definition) is 4. The molecular formula is C24H43NO4. The number of aliphatic hydroxyl groups excluding tert-OH is 2. The SMILES string of the molecule is C[C@H](CCC(=O)[O-])[C@H]1CC[C@H]2[C@H]3C(CC[C@]12C)[C@@]1(C)CC[C@@H](O)C[C@H]1C[C@H]3O.[NH4+]. The van der Waals surface area contributed by atoms with Crippen LogP contribution in [0.15, 0.2) is 0 Å². The minimum atomic E-state index is -0.934. The highest BCUT2D eigenvalue weighted by Gasteiger charge is 2.62. The summed E-state index contributed by atoms with van der Waals surface area (Å²) in [4.78, 5) is 10.9. The summed E-state index contributed by atoms with van der Waals surface area (Å²) < 4.78 is 0. The largest absolute Gasteiger partial charge is 0.550 e. The van der Waals surface area contributed by atoms with Crippen molar-refractivity contribution < 1.29 is 20.1 Å². The fraction of sp³-hybridized carbons (Fsp3) is 0.958. The molecule has 0 aromatic rings.